The van der Waals surface area contributed by atoms with Crippen molar-refractivity contribution in [2.24, 2.45) is 0 Å². The van der Waals surface area contributed by atoms with Crippen molar-refractivity contribution >= 4 is 5.82 Å². The van der Waals surface area contributed by atoms with Crippen LogP contribution in [0.15, 0.2) is 18.5 Å². The lowest BCUT2D eigenvalue weighted by molar-refractivity contribution is 0.628. The summed E-state index contributed by atoms with van der Waals surface area (Å²) in [6.45, 7) is 8.73. The maximum atomic E-state index is 14.5. The van der Waals surface area contributed by atoms with E-state index in [1.54, 1.807) is 6.07 Å². The Morgan fingerprint density at radius 3 is 2.52 bits per heavy atom. The van der Waals surface area contributed by atoms with Gasteiger partial charge in [0, 0.05) is 17.7 Å². The van der Waals surface area contributed by atoms with Crippen LogP contribution in [-0.4, -0.2) is 16.5 Å². The van der Waals surface area contributed by atoms with Crippen LogP contribution < -0.4 is 5.32 Å². The fraction of sp³-hybridized carbons (Fsp3) is 0.412. The van der Waals surface area contributed by atoms with Gasteiger partial charge in [-0.05, 0) is 44.4 Å². The Morgan fingerprint density at radius 1 is 1.14 bits per heavy atom. The first-order valence-electron chi connectivity index (χ1n) is 7.43. The SMILES string of the molecule is CCCc1c(NCC)ncnc1-c1c(C)cc(C)cc1F. The van der Waals surface area contributed by atoms with Crippen LogP contribution in [0.1, 0.15) is 37.0 Å². The molecule has 0 aliphatic carbocycles. The summed E-state index contributed by atoms with van der Waals surface area (Å²) in [6.07, 6.45) is 3.29. The van der Waals surface area contributed by atoms with Crippen LogP contribution in [0.5, 0.6) is 0 Å². The Morgan fingerprint density at radius 2 is 1.90 bits per heavy atom. The molecule has 0 aliphatic heterocycles. The second-order valence-electron chi connectivity index (χ2n) is 5.27. The summed E-state index contributed by atoms with van der Waals surface area (Å²) >= 11 is 0. The number of hydrogen-bond acceptors (Lipinski definition) is 3. The quantitative estimate of drug-likeness (QED) is 0.891. The van der Waals surface area contributed by atoms with Gasteiger partial charge in [0.25, 0.3) is 0 Å². The van der Waals surface area contributed by atoms with Crippen LogP contribution in [0.25, 0.3) is 11.3 Å². The molecular weight excluding hydrogens is 265 g/mol. The summed E-state index contributed by atoms with van der Waals surface area (Å²) in [7, 11) is 0. The van der Waals surface area contributed by atoms with Crippen molar-refractivity contribution in [3.63, 3.8) is 0 Å². The van der Waals surface area contributed by atoms with Crippen molar-refractivity contribution in [2.75, 3.05) is 11.9 Å². The summed E-state index contributed by atoms with van der Waals surface area (Å²) in [5.74, 6) is 0.592. The highest BCUT2D eigenvalue weighted by atomic mass is 19.1. The molecule has 1 aromatic carbocycles. The van der Waals surface area contributed by atoms with E-state index in [1.807, 2.05) is 26.8 Å². The number of aromatic nitrogens is 2. The number of rotatable bonds is 5. The molecule has 1 aromatic heterocycles. The van der Waals surface area contributed by atoms with E-state index in [0.717, 1.165) is 41.9 Å². The zero-order chi connectivity index (χ0) is 15.4. The summed E-state index contributed by atoms with van der Waals surface area (Å²) in [5, 5.41) is 3.25. The molecule has 1 N–H and O–H groups in total. The fourth-order valence-electron chi connectivity index (χ4n) is 2.65. The number of anilines is 1. The van der Waals surface area contributed by atoms with Gasteiger partial charge in [-0.2, -0.15) is 0 Å². The summed E-state index contributed by atoms with van der Waals surface area (Å²) in [5.41, 5.74) is 4.12. The molecule has 0 unspecified atom stereocenters. The van der Waals surface area contributed by atoms with Crippen LogP contribution in [0, 0.1) is 19.7 Å². The van der Waals surface area contributed by atoms with Crippen molar-refractivity contribution in [1.82, 2.24) is 9.97 Å². The molecule has 3 nitrogen and oxygen atoms in total. The van der Waals surface area contributed by atoms with Crippen LogP contribution >= 0.6 is 0 Å². The van der Waals surface area contributed by atoms with Gasteiger partial charge in [-0.25, -0.2) is 14.4 Å². The Bertz CT molecular complexity index is 615. The van der Waals surface area contributed by atoms with Gasteiger partial charge >= 0.3 is 0 Å². The van der Waals surface area contributed by atoms with E-state index in [1.165, 1.54) is 6.33 Å². The first-order chi connectivity index (χ1) is 10.1. The molecule has 0 bridgehead atoms. The van der Waals surface area contributed by atoms with E-state index in [2.05, 4.69) is 22.2 Å². The smallest absolute Gasteiger partial charge is 0.133 e. The average molecular weight is 287 g/mol. The second-order valence-corrected chi connectivity index (χ2v) is 5.27. The molecule has 0 saturated heterocycles. The molecule has 112 valence electrons. The molecule has 0 aliphatic rings. The molecule has 0 amide bonds. The van der Waals surface area contributed by atoms with E-state index in [9.17, 15) is 4.39 Å². The Kier molecular flexibility index (Phi) is 4.89. The Balaban J connectivity index is 2.66. The monoisotopic (exact) mass is 287 g/mol. The molecule has 4 heteroatoms. The standard InChI is InChI=1S/C17H22FN3/c1-5-7-13-16(20-10-21-17(13)19-6-2)15-12(4)8-11(3)9-14(15)18/h8-10H,5-7H2,1-4H3,(H,19,20,21). The van der Waals surface area contributed by atoms with Gasteiger partial charge in [-0.1, -0.05) is 19.4 Å². The van der Waals surface area contributed by atoms with E-state index in [-0.39, 0.29) is 5.82 Å². The zero-order valence-electron chi connectivity index (χ0n) is 13.1. The maximum absolute atomic E-state index is 14.5. The summed E-state index contributed by atoms with van der Waals surface area (Å²) in [4.78, 5) is 8.68. The number of hydrogen-bond donors (Lipinski definition) is 1. The molecule has 2 aromatic rings. The molecular formula is C17H22FN3. The van der Waals surface area contributed by atoms with Crippen molar-refractivity contribution in [2.45, 2.75) is 40.5 Å². The summed E-state index contributed by atoms with van der Waals surface area (Å²) < 4.78 is 14.5. The van der Waals surface area contributed by atoms with Crippen molar-refractivity contribution in [3.8, 4) is 11.3 Å². The van der Waals surface area contributed by atoms with Gasteiger partial charge in [0.2, 0.25) is 0 Å². The Labute approximate surface area is 125 Å². The van der Waals surface area contributed by atoms with Crippen LogP contribution in [0.2, 0.25) is 0 Å². The van der Waals surface area contributed by atoms with Crippen LogP contribution in [-0.2, 0) is 6.42 Å². The maximum Gasteiger partial charge on any atom is 0.133 e. The van der Waals surface area contributed by atoms with Crippen LogP contribution in [0.4, 0.5) is 10.2 Å². The lowest BCUT2D eigenvalue weighted by atomic mass is 9.97. The number of aryl methyl sites for hydroxylation is 2. The molecule has 0 radical (unpaired) electrons. The lowest BCUT2D eigenvalue weighted by Gasteiger charge is -2.15. The van der Waals surface area contributed by atoms with Crippen LogP contribution in [0.3, 0.4) is 0 Å². The largest absolute Gasteiger partial charge is 0.370 e. The molecule has 21 heavy (non-hydrogen) atoms. The van der Waals surface area contributed by atoms with Gasteiger partial charge in [0.05, 0.1) is 5.69 Å². The van der Waals surface area contributed by atoms with Gasteiger partial charge in [-0.15, -0.1) is 0 Å². The normalized spacial score (nSPS) is 10.7. The molecule has 0 saturated carbocycles. The zero-order valence-corrected chi connectivity index (χ0v) is 13.1. The minimum absolute atomic E-state index is 0.217. The Hall–Kier alpha value is -1.97. The highest BCUT2D eigenvalue weighted by Gasteiger charge is 2.17. The number of halogens is 1. The molecule has 0 spiro atoms. The first kappa shape index (κ1) is 15.4. The number of benzene rings is 1. The summed E-state index contributed by atoms with van der Waals surface area (Å²) in [6, 6.07) is 3.55. The third kappa shape index (κ3) is 3.20. The minimum Gasteiger partial charge on any atom is -0.370 e. The molecule has 0 fully saturated rings. The van der Waals surface area contributed by atoms with E-state index in [4.69, 9.17) is 0 Å². The predicted octanol–water partition coefficient (Wildman–Crippen LogP) is 4.28. The third-order valence-electron chi connectivity index (χ3n) is 3.46. The average Bonchev–Trinajstić information content (AvgIpc) is 2.41. The lowest BCUT2D eigenvalue weighted by Crippen LogP contribution is -2.07. The van der Waals surface area contributed by atoms with Gasteiger partial charge < -0.3 is 5.32 Å². The number of nitrogens with one attached hydrogen (secondary N) is 1. The predicted molar refractivity (Wildman–Crippen MR) is 85.1 cm³/mol. The van der Waals surface area contributed by atoms with Gasteiger partial charge in [0.1, 0.15) is 18.0 Å². The fourth-order valence-corrected chi connectivity index (χ4v) is 2.65. The number of nitrogens with zero attached hydrogens (tertiary/aromatic N) is 2. The highest BCUT2D eigenvalue weighted by molar-refractivity contribution is 5.72. The topological polar surface area (TPSA) is 37.8 Å². The van der Waals surface area contributed by atoms with E-state index < -0.39 is 0 Å². The van der Waals surface area contributed by atoms with Gasteiger partial charge in [0.15, 0.2) is 0 Å². The third-order valence-corrected chi connectivity index (χ3v) is 3.46. The molecule has 1 heterocycles. The molecule has 2 rings (SSSR count). The van der Waals surface area contributed by atoms with Crippen molar-refractivity contribution < 1.29 is 4.39 Å². The van der Waals surface area contributed by atoms with Gasteiger partial charge in [-0.3, -0.25) is 0 Å². The van der Waals surface area contributed by atoms with Crippen molar-refractivity contribution in [3.05, 3.63) is 41.0 Å². The highest BCUT2D eigenvalue weighted by Crippen LogP contribution is 2.32. The van der Waals surface area contributed by atoms with E-state index in [0.29, 0.717) is 11.3 Å². The minimum atomic E-state index is -0.217. The second kappa shape index (κ2) is 6.66. The first-order valence-corrected chi connectivity index (χ1v) is 7.43. The molecule has 0 atom stereocenters. The van der Waals surface area contributed by atoms with Crippen molar-refractivity contribution in [1.29, 1.82) is 0 Å². The van der Waals surface area contributed by atoms with E-state index >= 15 is 0 Å².